The summed E-state index contributed by atoms with van der Waals surface area (Å²) < 4.78 is 31.8. The molecule has 0 spiro atoms. The number of aromatic nitrogens is 4. The lowest BCUT2D eigenvalue weighted by Crippen LogP contribution is -2.46. The minimum Gasteiger partial charge on any atom is -0.361 e. The number of carbonyl (C=O) groups excluding carboxylic acids is 2. The van der Waals surface area contributed by atoms with E-state index in [1.165, 1.54) is 4.90 Å². The van der Waals surface area contributed by atoms with Gasteiger partial charge in [0.15, 0.2) is 23.3 Å². The molecule has 0 saturated heterocycles. The molecule has 1 unspecified atom stereocenters. The van der Waals surface area contributed by atoms with Crippen LogP contribution in [0.25, 0.3) is 28.0 Å². The number of carbonyl (C=O) groups is 2. The molecule has 0 aliphatic carbocycles. The lowest BCUT2D eigenvalue weighted by Gasteiger charge is -2.31. The predicted molar refractivity (Wildman–Crippen MR) is 176 cm³/mol. The van der Waals surface area contributed by atoms with Crippen molar-refractivity contribution in [1.29, 1.82) is 0 Å². The number of fused-ring (bicyclic) bond motifs is 4. The Labute approximate surface area is 270 Å². The zero-order chi connectivity index (χ0) is 32.7. The summed E-state index contributed by atoms with van der Waals surface area (Å²) in [6, 6.07) is 28.4. The van der Waals surface area contributed by atoms with E-state index in [1.54, 1.807) is 9.47 Å². The fourth-order valence-corrected chi connectivity index (χ4v) is 6.30. The first kappa shape index (κ1) is 30.0. The largest absolute Gasteiger partial charge is 0.361 e. The van der Waals surface area contributed by atoms with Crippen molar-refractivity contribution < 1.29 is 18.4 Å². The van der Waals surface area contributed by atoms with E-state index in [4.69, 9.17) is 0 Å². The predicted octanol–water partition coefficient (Wildman–Crippen LogP) is 6.80. The van der Waals surface area contributed by atoms with E-state index in [0.717, 1.165) is 34.2 Å². The summed E-state index contributed by atoms with van der Waals surface area (Å²) in [4.78, 5) is 35.1. The van der Waals surface area contributed by atoms with E-state index in [-0.39, 0.29) is 42.1 Å². The van der Waals surface area contributed by atoms with E-state index in [0.29, 0.717) is 17.9 Å². The molecule has 236 valence electrons. The fraction of sp³-hybridized carbons (Fsp3) is 0.189. The Hall–Kier alpha value is -5.64. The molecule has 2 aromatic heterocycles. The molecule has 2 amide bonds. The van der Waals surface area contributed by atoms with Crippen LogP contribution in [0.15, 0.2) is 103 Å². The Balaban J connectivity index is 1.38. The van der Waals surface area contributed by atoms with Crippen LogP contribution in [0.5, 0.6) is 0 Å². The van der Waals surface area contributed by atoms with Crippen LogP contribution in [0, 0.1) is 11.6 Å². The van der Waals surface area contributed by atoms with Gasteiger partial charge in [-0.15, -0.1) is 10.2 Å². The van der Waals surface area contributed by atoms with Gasteiger partial charge in [-0.2, -0.15) is 0 Å². The molecule has 6 aromatic rings. The van der Waals surface area contributed by atoms with Gasteiger partial charge in [0.05, 0.1) is 11.4 Å². The summed E-state index contributed by atoms with van der Waals surface area (Å²) in [5.41, 5.74) is 3.61. The van der Waals surface area contributed by atoms with Crippen LogP contribution >= 0.6 is 0 Å². The maximum atomic E-state index is 15.1. The third kappa shape index (κ3) is 5.56. The Bertz CT molecular complexity index is 2090. The number of H-pyrrole nitrogens is 1. The molecule has 1 atom stereocenters. The van der Waals surface area contributed by atoms with Gasteiger partial charge in [0.1, 0.15) is 12.5 Å². The van der Waals surface area contributed by atoms with Crippen LogP contribution in [-0.4, -0.2) is 49.0 Å². The molecule has 3 heterocycles. The Morgan fingerprint density at radius 2 is 1.55 bits per heavy atom. The van der Waals surface area contributed by atoms with Crippen molar-refractivity contribution in [2.45, 2.75) is 38.8 Å². The van der Waals surface area contributed by atoms with Crippen molar-refractivity contribution in [2.24, 2.45) is 0 Å². The molecule has 10 heteroatoms. The van der Waals surface area contributed by atoms with Gasteiger partial charge in [-0.1, -0.05) is 78.9 Å². The average molecular weight is 631 g/mol. The molecule has 1 N–H and O–H groups in total. The molecule has 8 nitrogen and oxygen atoms in total. The lowest BCUT2D eigenvalue weighted by atomic mass is 9.96. The number of amides is 2. The Morgan fingerprint density at radius 1 is 0.894 bits per heavy atom. The van der Waals surface area contributed by atoms with Crippen molar-refractivity contribution in [3.8, 4) is 17.1 Å². The highest BCUT2D eigenvalue weighted by molar-refractivity contribution is 6.05. The average Bonchev–Trinajstić information content (AvgIpc) is 3.69. The molecular weight excluding hydrogens is 598 g/mol. The number of anilines is 1. The van der Waals surface area contributed by atoms with Crippen molar-refractivity contribution >= 4 is 28.4 Å². The first-order valence-electron chi connectivity index (χ1n) is 15.5. The summed E-state index contributed by atoms with van der Waals surface area (Å²) in [6.07, 6.45) is 2.06. The van der Waals surface area contributed by atoms with Gasteiger partial charge >= 0.3 is 0 Å². The molecule has 0 bridgehead atoms. The monoisotopic (exact) mass is 630 g/mol. The third-order valence-electron chi connectivity index (χ3n) is 8.68. The molecule has 1 aliphatic rings. The van der Waals surface area contributed by atoms with Gasteiger partial charge < -0.3 is 14.8 Å². The number of hydrogen-bond donors (Lipinski definition) is 1. The van der Waals surface area contributed by atoms with Crippen molar-refractivity contribution in [2.75, 3.05) is 11.4 Å². The highest BCUT2D eigenvalue weighted by Gasteiger charge is 2.40. The van der Waals surface area contributed by atoms with Gasteiger partial charge in [0, 0.05) is 47.4 Å². The number of halogens is 2. The van der Waals surface area contributed by atoms with Gasteiger partial charge in [-0.3, -0.25) is 14.2 Å². The summed E-state index contributed by atoms with van der Waals surface area (Å²) >= 11 is 0. The smallest absolute Gasteiger partial charge is 0.243 e. The molecule has 1 aliphatic heterocycles. The fourth-order valence-electron chi connectivity index (χ4n) is 6.30. The number of hydrogen-bond acceptors (Lipinski definition) is 4. The summed E-state index contributed by atoms with van der Waals surface area (Å²) in [5, 5.41) is 9.91. The SMILES string of the molecule is CC(C)N(Cc1ccccc1)C(=O)CN1C(=O)C(Cc2c[nH]c3ccccc23)c2nnc(-c3ccccc3)n2-c2cc(F)c(F)cc21. The minimum absolute atomic E-state index is 0.0605. The van der Waals surface area contributed by atoms with Crippen LogP contribution in [0.4, 0.5) is 14.5 Å². The Kier molecular flexibility index (Phi) is 7.85. The molecule has 4 aromatic carbocycles. The highest BCUT2D eigenvalue weighted by atomic mass is 19.2. The molecule has 0 fully saturated rings. The topological polar surface area (TPSA) is 87.1 Å². The molecular formula is C37H32F2N6O2. The first-order chi connectivity index (χ1) is 22.8. The third-order valence-corrected chi connectivity index (χ3v) is 8.68. The molecule has 0 saturated carbocycles. The normalized spacial score (nSPS) is 14.3. The van der Waals surface area contributed by atoms with Crippen molar-refractivity contribution in [1.82, 2.24) is 24.6 Å². The highest BCUT2D eigenvalue weighted by Crippen LogP contribution is 2.40. The van der Waals surface area contributed by atoms with E-state index in [1.807, 2.05) is 105 Å². The lowest BCUT2D eigenvalue weighted by molar-refractivity contribution is -0.133. The second kappa shape index (κ2) is 12.3. The molecule has 47 heavy (non-hydrogen) atoms. The summed E-state index contributed by atoms with van der Waals surface area (Å²) in [7, 11) is 0. The number of aromatic amines is 1. The second-order valence-corrected chi connectivity index (χ2v) is 12.0. The summed E-state index contributed by atoms with van der Waals surface area (Å²) in [6.45, 7) is 3.75. The molecule has 7 rings (SSSR count). The quantitative estimate of drug-likeness (QED) is 0.200. The number of para-hydroxylation sites is 1. The van der Waals surface area contributed by atoms with Crippen LogP contribution in [0.3, 0.4) is 0 Å². The van der Waals surface area contributed by atoms with Crippen LogP contribution < -0.4 is 4.90 Å². The number of nitrogens with zero attached hydrogens (tertiary/aromatic N) is 5. The maximum absolute atomic E-state index is 15.1. The van der Waals surface area contributed by atoms with Crippen molar-refractivity contribution in [3.05, 3.63) is 132 Å². The van der Waals surface area contributed by atoms with E-state index in [2.05, 4.69) is 15.2 Å². The van der Waals surface area contributed by atoms with Gasteiger partial charge in [0.2, 0.25) is 11.8 Å². The van der Waals surface area contributed by atoms with E-state index >= 15 is 8.78 Å². The van der Waals surface area contributed by atoms with Gasteiger partial charge in [0.25, 0.3) is 0 Å². The van der Waals surface area contributed by atoms with Crippen LogP contribution in [0.1, 0.15) is 36.7 Å². The van der Waals surface area contributed by atoms with Gasteiger partial charge in [-0.25, -0.2) is 8.78 Å². The first-order valence-corrected chi connectivity index (χ1v) is 15.5. The Morgan fingerprint density at radius 3 is 2.28 bits per heavy atom. The molecule has 0 radical (unpaired) electrons. The van der Waals surface area contributed by atoms with E-state index < -0.39 is 23.5 Å². The second-order valence-electron chi connectivity index (χ2n) is 12.0. The maximum Gasteiger partial charge on any atom is 0.243 e. The standard InChI is InChI=1S/C37H32F2N6O2/c1-23(2)43(21-24-11-5-3-6-12-24)34(46)22-44-32-18-29(38)30(39)19-33(32)45-35(25-13-7-4-8-14-25)41-42-36(45)28(37(44)47)17-26-20-40-31-16-10-9-15-27(26)31/h3-16,18-20,23,28,40H,17,21-22H2,1-2H3. The zero-order valence-corrected chi connectivity index (χ0v) is 25.9. The van der Waals surface area contributed by atoms with Crippen LogP contribution in [-0.2, 0) is 22.6 Å². The zero-order valence-electron chi connectivity index (χ0n) is 25.9. The minimum atomic E-state index is -1.13. The number of benzene rings is 4. The van der Waals surface area contributed by atoms with Crippen molar-refractivity contribution in [3.63, 3.8) is 0 Å². The van der Waals surface area contributed by atoms with Gasteiger partial charge in [-0.05, 0) is 37.5 Å². The van der Waals surface area contributed by atoms with E-state index in [9.17, 15) is 9.59 Å². The number of rotatable bonds is 8. The summed E-state index contributed by atoms with van der Waals surface area (Å²) in [5.74, 6) is -3.33. The van der Waals surface area contributed by atoms with Crippen LogP contribution in [0.2, 0.25) is 0 Å². The number of nitrogens with one attached hydrogen (secondary N) is 1.